The van der Waals surface area contributed by atoms with Crippen molar-refractivity contribution in [3.63, 3.8) is 0 Å². The van der Waals surface area contributed by atoms with Gasteiger partial charge in [0.05, 0.1) is 14.7 Å². The summed E-state index contributed by atoms with van der Waals surface area (Å²) in [6.45, 7) is 2.16. The van der Waals surface area contributed by atoms with Gasteiger partial charge in [-0.25, -0.2) is 8.42 Å². The normalized spacial score (nSPS) is 16.6. The van der Waals surface area contributed by atoms with Crippen molar-refractivity contribution in [1.29, 1.82) is 0 Å². The fraction of sp³-hybridized carbons (Fsp3) is 0.353. The van der Waals surface area contributed by atoms with Crippen molar-refractivity contribution < 1.29 is 18.1 Å². The summed E-state index contributed by atoms with van der Waals surface area (Å²) in [7, 11) is -4.02. The van der Waals surface area contributed by atoms with Crippen molar-refractivity contribution in [1.82, 2.24) is 10.3 Å². The van der Waals surface area contributed by atoms with Gasteiger partial charge >= 0.3 is 0 Å². The first-order valence-corrected chi connectivity index (χ1v) is 10.8. The highest BCUT2D eigenvalue weighted by Gasteiger charge is 2.23. The molecule has 1 aliphatic carbocycles. The summed E-state index contributed by atoms with van der Waals surface area (Å²) in [5, 5.41) is 10.6. The van der Waals surface area contributed by atoms with Gasteiger partial charge in [-0.05, 0) is 48.9 Å². The second kappa shape index (κ2) is 7.75. The van der Waals surface area contributed by atoms with Gasteiger partial charge in [0, 0.05) is 17.0 Å². The SMILES string of the molecule is CC[C@@H]1CCc2sc(C(=O)NNS(=O)(=O)c3ccc([N+](=O)[O-])cc3)cc2C1. The van der Waals surface area contributed by atoms with Gasteiger partial charge in [-0.2, -0.15) is 0 Å². The molecule has 1 atom stereocenters. The molecular weight excluding hydrogens is 390 g/mol. The topological polar surface area (TPSA) is 118 Å². The Morgan fingerprint density at radius 3 is 2.67 bits per heavy atom. The maximum atomic E-state index is 12.3. The molecule has 1 amide bonds. The van der Waals surface area contributed by atoms with E-state index in [4.69, 9.17) is 0 Å². The van der Waals surface area contributed by atoms with Gasteiger partial charge in [-0.15, -0.1) is 16.2 Å². The van der Waals surface area contributed by atoms with E-state index in [9.17, 15) is 23.3 Å². The Bertz CT molecular complexity index is 967. The van der Waals surface area contributed by atoms with Crippen molar-refractivity contribution in [2.45, 2.75) is 37.5 Å². The fourth-order valence-electron chi connectivity index (χ4n) is 3.04. The Morgan fingerprint density at radius 1 is 1.33 bits per heavy atom. The van der Waals surface area contributed by atoms with Crippen molar-refractivity contribution in [2.75, 3.05) is 0 Å². The number of fused-ring (bicyclic) bond motifs is 1. The summed E-state index contributed by atoms with van der Waals surface area (Å²) < 4.78 is 24.5. The number of nitro groups is 1. The number of hydrogen-bond acceptors (Lipinski definition) is 6. The van der Waals surface area contributed by atoms with E-state index >= 15 is 0 Å². The number of hydrogen-bond donors (Lipinski definition) is 2. The molecular formula is C17H19N3O5S2. The first kappa shape index (κ1) is 19.5. The quantitative estimate of drug-likeness (QED) is 0.562. The molecule has 0 saturated carbocycles. The highest BCUT2D eigenvalue weighted by atomic mass is 32.2. The Morgan fingerprint density at radius 2 is 2.04 bits per heavy atom. The Balaban J connectivity index is 1.66. The highest BCUT2D eigenvalue weighted by Crippen LogP contribution is 2.33. The zero-order valence-electron chi connectivity index (χ0n) is 14.6. The third kappa shape index (κ3) is 4.34. The predicted molar refractivity (Wildman–Crippen MR) is 101 cm³/mol. The molecule has 0 saturated heterocycles. The minimum absolute atomic E-state index is 0.176. The van der Waals surface area contributed by atoms with Crippen molar-refractivity contribution in [2.24, 2.45) is 5.92 Å². The minimum Gasteiger partial charge on any atom is -0.273 e. The number of sulfonamides is 1. The second-order valence-corrected chi connectivity index (χ2v) is 9.21. The smallest absolute Gasteiger partial charge is 0.273 e. The summed E-state index contributed by atoms with van der Waals surface area (Å²) in [4.78, 5) is 25.8. The number of amides is 1. The molecule has 0 bridgehead atoms. The van der Waals surface area contributed by atoms with Crippen LogP contribution < -0.4 is 10.3 Å². The molecule has 2 aromatic rings. The molecule has 2 N–H and O–H groups in total. The Kier molecular flexibility index (Phi) is 5.59. The maximum absolute atomic E-state index is 12.3. The predicted octanol–water partition coefficient (Wildman–Crippen LogP) is 2.79. The first-order valence-electron chi connectivity index (χ1n) is 8.48. The van der Waals surface area contributed by atoms with Crippen molar-refractivity contribution in [3.05, 3.63) is 55.8 Å². The van der Waals surface area contributed by atoms with Crippen LogP contribution >= 0.6 is 11.3 Å². The van der Waals surface area contributed by atoms with Gasteiger partial charge in [0.25, 0.3) is 21.6 Å². The number of aryl methyl sites for hydroxylation is 1. The molecule has 144 valence electrons. The van der Waals surface area contributed by atoms with Crippen LogP contribution in [0.1, 0.15) is 39.9 Å². The average molecular weight is 409 g/mol. The third-order valence-electron chi connectivity index (χ3n) is 4.64. The van der Waals surface area contributed by atoms with Gasteiger partial charge in [0.1, 0.15) is 0 Å². The van der Waals surface area contributed by atoms with Crippen LogP contribution in [-0.2, 0) is 22.9 Å². The molecule has 27 heavy (non-hydrogen) atoms. The fourth-order valence-corrected chi connectivity index (χ4v) is 4.98. The van der Waals surface area contributed by atoms with Crippen LogP contribution in [0.25, 0.3) is 0 Å². The number of thiophene rings is 1. The summed E-state index contributed by atoms with van der Waals surface area (Å²) >= 11 is 1.39. The number of benzene rings is 1. The molecule has 1 aliphatic rings. The highest BCUT2D eigenvalue weighted by molar-refractivity contribution is 7.89. The molecule has 3 rings (SSSR count). The summed E-state index contributed by atoms with van der Waals surface area (Å²) in [5.41, 5.74) is 3.16. The van der Waals surface area contributed by atoms with Crippen LogP contribution in [0.3, 0.4) is 0 Å². The maximum Gasteiger partial charge on any atom is 0.276 e. The van der Waals surface area contributed by atoms with E-state index in [1.165, 1.54) is 21.8 Å². The lowest BCUT2D eigenvalue weighted by atomic mass is 9.87. The van der Waals surface area contributed by atoms with Crippen molar-refractivity contribution in [3.8, 4) is 0 Å². The molecule has 0 fully saturated rings. The Hall–Kier alpha value is -2.30. The zero-order valence-corrected chi connectivity index (χ0v) is 16.2. The van der Waals surface area contributed by atoms with Crippen LogP contribution in [0.5, 0.6) is 0 Å². The number of nitrogens with one attached hydrogen (secondary N) is 2. The van der Waals surface area contributed by atoms with E-state index in [0.717, 1.165) is 49.9 Å². The van der Waals surface area contributed by atoms with Gasteiger partial charge in [0.2, 0.25) is 0 Å². The van der Waals surface area contributed by atoms with Gasteiger partial charge in [-0.1, -0.05) is 13.3 Å². The molecule has 0 spiro atoms. The number of carbonyl (C=O) groups is 1. The zero-order chi connectivity index (χ0) is 19.6. The van der Waals surface area contributed by atoms with Crippen LogP contribution in [-0.4, -0.2) is 19.2 Å². The van der Waals surface area contributed by atoms with Crippen molar-refractivity contribution >= 4 is 33.0 Å². The minimum atomic E-state index is -4.02. The largest absolute Gasteiger partial charge is 0.276 e. The lowest BCUT2D eigenvalue weighted by Gasteiger charge is -2.19. The van der Waals surface area contributed by atoms with E-state index in [1.54, 1.807) is 0 Å². The number of nitro benzene ring substituents is 1. The summed E-state index contributed by atoms with van der Waals surface area (Å²) in [5.74, 6) is 0.108. The first-order chi connectivity index (χ1) is 12.8. The van der Waals surface area contributed by atoms with E-state index < -0.39 is 20.9 Å². The monoisotopic (exact) mass is 409 g/mol. The summed E-state index contributed by atoms with van der Waals surface area (Å²) in [6, 6.07) is 6.24. The van der Waals surface area contributed by atoms with Crippen LogP contribution in [0.2, 0.25) is 0 Å². The number of rotatable bonds is 6. The molecule has 0 unspecified atom stereocenters. The van der Waals surface area contributed by atoms with Crippen LogP contribution in [0, 0.1) is 16.0 Å². The Labute approximate surface area is 160 Å². The average Bonchev–Trinajstić information content (AvgIpc) is 3.09. The van der Waals surface area contributed by atoms with Gasteiger partial charge in [-0.3, -0.25) is 20.3 Å². The second-order valence-electron chi connectivity index (χ2n) is 6.39. The number of nitrogens with zero attached hydrogens (tertiary/aromatic N) is 1. The molecule has 0 radical (unpaired) electrons. The third-order valence-corrected chi connectivity index (χ3v) is 7.14. The van der Waals surface area contributed by atoms with Gasteiger partial charge in [0.15, 0.2) is 0 Å². The van der Waals surface area contributed by atoms with Gasteiger partial charge < -0.3 is 0 Å². The molecule has 1 aromatic heterocycles. The van der Waals surface area contributed by atoms with E-state index in [2.05, 4.69) is 12.3 Å². The molecule has 1 aromatic carbocycles. The molecule has 8 nitrogen and oxygen atoms in total. The standard InChI is InChI=1S/C17H19N3O5S2/c1-2-11-3-8-15-12(9-11)10-16(26-15)17(21)18-19-27(24,25)14-6-4-13(5-7-14)20(22)23/h4-7,10-11,19H,2-3,8-9H2,1H3,(H,18,21)/t11-/m1/s1. The summed E-state index contributed by atoms with van der Waals surface area (Å²) in [6.07, 6.45) is 4.11. The molecule has 1 heterocycles. The number of hydrazine groups is 1. The van der Waals surface area contributed by atoms with E-state index in [1.807, 2.05) is 10.9 Å². The van der Waals surface area contributed by atoms with E-state index in [0.29, 0.717) is 10.8 Å². The lowest BCUT2D eigenvalue weighted by molar-refractivity contribution is -0.384. The number of non-ortho nitro benzene ring substituents is 1. The molecule has 10 heteroatoms. The van der Waals surface area contributed by atoms with E-state index in [-0.39, 0.29) is 10.6 Å². The lowest BCUT2D eigenvalue weighted by Crippen LogP contribution is -2.41. The molecule has 0 aliphatic heterocycles. The van der Waals surface area contributed by atoms with Crippen LogP contribution in [0.15, 0.2) is 35.2 Å². The van der Waals surface area contributed by atoms with Crippen LogP contribution in [0.4, 0.5) is 5.69 Å². The number of carbonyl (C=O) groups excluding carboxylic acids is 1.